The third kappa shape index (κ3) is 6.23. The van der Waals surface area contributed by atoms with Gasteiger partial charge in [0, 0.05) is 0 Å². The van der Waals surface area contributed by atoms with Gasteiger partial charge in [-0.2, -0.15) is 0 Å². The number of hydrogen-bond donors (Lipinski definition) is 2. The number of carbonyl (C=O) groups excluding carboxylic acids is 2. The number of halogens is 1. The van der Waals surface area contributed by atoms with Gasteiger partial charge in [0.15, 0.2) is 0 Å². The smallest absolute Gasteiger partial charge is 0.407 e. The van der Waals surface area contributed by atoms with Gasteiger partial charge >= 0.3 is 6.09 Å². The number of ether oxygens (including phenoxy) is 1. The zero-order chi connectivity index (χ0) is 17.6. The highest BCUT2D eigenvalue weighted by Gasteiger charge is 2.28. The van der Waals surface area contributed by atoms with Crippen molar-refractivity contribution in [2.45, 2.75) is 25.6 Å². The SMILES string of the molecule is COC(=O)N[C@H](C(=O)NS(=O)(=O)Cc1ccc(F)cc1)C(C)C. The van der Waals surface area contributed by atoms with Gasteiger partial charge in [0.05, 0.1) is 12.9 Å². The standard InChI is InChI=1S/C14H19FN2O5S/c1-9(2)12(16-14(19)22-3)13(18)17-23(20,21)8-10-4-6-11(15)7-5-10/h4-7,9,12H,8H2,1-3H3,(H,16,19)(H,17,18)/t12-/m0/s1. The van der Waals surface area contributed by atoms with Crippen LogP contribution in [0, 0.1) is 11.7 Å². The maximum Gasteiger partial charge on any atom is 0.407 e. The predicted octanol–water partition coefficient (Wildman–Crippen LogP) is 1.15. The molecule has 1 aromatic rings. The minimum atomic E-state index is -3.98. The van der Waals surface area contributed by atoms with Crippen LogP contribution >= 0.6 is 0 Å². The molecule has 2 N–H and O–H groups in total. The third-order valence-electron chi connectivity index (χ3n) is 2.93. The Morgan fingerprint density at radius 3 is 2.26 bits per heavy atom. The van der Waals surface area contributed by atoms with E-state index in [0.29, 0.717) is 5.56 Å². The number of methoxy groups -OCH3 is 1. The van der Waals surface area contributed by atoms with Gasteiger partial charge in [-0.05, 0) is 23.6 Å². The second-order valence-electron chi connectivity index (χ2n) is 5.21. The third-order valence-corrected chi connectivity index (χ3v) is 4.16. The number of nitrogens with one attached hydrogen (secondary N) is 2. The van der Waals surface area contributed by atoms with Crippen molar-refractivity contribution in [3.05, 3.63) is 35.6 Å². The van der Waals surface area contributed by atoms with Crippen LogP contribution in [0.4, 0.5) is 9.18 Å². The monoisotopic (exact) mass is 346 g/mol. The zero-order valence-corrected chi connectivity index (χ0v) is 13.8. The number of alkyl carbamates (subject to hydrolysis) is 1. The van der Waals surface area contributed by atoms with Crippen molar-refractivity contribution in [2.75, 3.05) is 7.11 Å². The van der Waals surface area contributed by atoms with Gasteiger partial charge in [0.2, 0.25) is 10.0 Å². The van der Waals surface area contributed by atoms with Crippen molar-refractivity contribution in [3.8, 4) is 0 Å². The average Bonchev–Trinajstić information content (AvgIpc) is 2.45. The quantitative estimate of drug-likeness (QED) is 0.805. The first kappa shape index (κ1) is 18.9. The Morgan fingerprint density at radius 1 is 1.22 bits per heavy atom. The van der Waals surface area contributed by atoms with Crippen LogP contribution in [-0.2, 0) is 25.3 Å². The Balaban J connectivity index is 2.79. The van der Waals surface area contributed by atoms with Crippen LogP contribution in [0.25, 0.3) is 0 Å². The van der Waals surface area contributed by atoms with Gasteiger partial charge < -0.3 is 10.1 Å². The van der Waals surface area contributed by atoms with Gasteiger partial charge in [-0.1, -0.05) is 26.0 Å². The summed E-state index contributed by atoms with van der Waals surface area (Å²) in [4.78, 5) is 23.3. The molecular formula is C14H19FN2O5S. The van der Waals surface area contributed by atoms with E-state index in [4.69, 9.17) is 0 Å². The first-order valence-electron chi connectivity index (χ1n) is 6.78. The number of benzene rings is 1. The molecule has 9 heteroatoms. The molecule has 0 aromatic heterocycles. The van der Waals surface area contributed by atoms with Crippen LogP contribution in [0.3, 0.4) is 0 Å². The second kappa shape index (κ2) is 7.91. The van der Waals surface area contributed by atoms with E-state index in [1.165, 1.54) is 12.1 Å². The molecule has 0 saturated carbocycles. The van der Waals surface area contributed by atoms with E-state index in [-0.39, 0.29) is 5.92 Å². The van der Waals surface area contributed by atoms with E-state index >= 15 is 0 Å². The summed E-state index contributed by atoms with van der Waals surface area (Å²) < 4.78 is 43.1. The summed E-state index contributed by atoms with van der Waals surface area (Å²) >= 11 is 0. The molecule has 1 atom stereocenters. The van der Waals surface area contributed by atoms with Gasteiger partial charge in [-0.15, -0.1) is 0 Å². The molecule has 0 heterocycles. The van der Waals surface area contributed by atoms with Gasteiger partial charge in [-0.25, -0.2) is 17.6 Å². The Kier molecular flexibility index (Phi) is 6.49. The Bertz CT molecular complexity index is 658. The van der Waals surface area contributed by atoms with E-state index in [1.807, 2.05) is 4.72 Å². The summed E-state index contributed by atoms with van der Waals surface area (Å²) in [7, 11) is -2.85. The van der Waals surface area contributed by atoms with Crippen LogP contribution in [0.5, 0.6) is 0 Å². The zero-order valence-electron chi connectivity index (χ0n) is 13.0. The fourth-order valence-corrected chi connectivity index (χ4v) is 2.91. The maximum absolute atomic E-state index is 12.8. The summed E-state index contributed by atoms with van der Waals surface area (Å²) in [5.41, 5.74) is 0.328. The Labute approximate surface area is 134 Å². The minimum Gasteiger partial charge on any atom is -0.453 e. The number of carbonyl (C=O) groups is 2. The van der Waals surface area contributed by atoms with E-state index < -0.39 is 39.6 Å². The number of amides is 2. The highest BCUT2D eigenvalue weighted by Crippen LogP contribution is 2.08. The topological polar surface area (TPSA) is 102 Å². The fraction of sp³-hybridized carbons (Fsp3) is 0.429. The molecule has 1 aromatic carbocycles. The highest BCUT2D eigenvalue weighted by atomic mass is 32.2. The summed E-state index contributed by atoms with van der Waals surface area (Å²) in [5.74, 6) is -2.19. The summed E-state index contributed by atoms with van der Waals surface area (Å²) in [6.45, 7) is 3.29. The first-order valence-corrected chi connectivity index (χ1v) is 8.43. The lowest BCUT2D eigenvalue weighted by molar-refractivity contribution is -0.122. The lowest BCUT2D eigenvalue weighted by Gasteiger charge is -2.20. The minimum absolute atomic E-state index is 0.328. The lowest BCUT2D eigenvalue weighted by Crippen LogP contribution is -2.51. The van der Waals surface area contributed by atoms with Crippen molar-refractivity contribution in [1.29, 1.82) is 0 Å². The van der Waals surface area contributed by atoms with Gasteiger partial charge in [0.25, 0.3) is 5.91 Å². The molecule has 0 unspecified atom stereocenters. The normalized spacial score (nSPS) is 12.6. The second-order valence-corrected chi connectivity index (χ2v) is 6.93. The molecule has 0 spiro atoms. The van der Waals surface area contributed by atoms with Crippen molar-refractivity contribution in [3.63, 3.8) is 0 Å². The molecule has 128 valence electrons. The van der Waals surface area contributed by atoms with Crippen molar-refractivity contribution in [1.82, 2.24) is 10.0 Å². The van der Waals surface area contributed by atoms with E-state index in [1.54, 1.807) is 13.8 Å². The largest absolute Gasteiger partial charge is 0.453 e. The van der Waals surface area contributed by atoms with Gasteiger partial charge in [0.1, 0.15) is 11.9 Å². The van der Waals surface area contributed by atoms with E-state index in [2.05, 4.69) is 10.1 Å². The molecule has 0 saturated heterocycles. The molecule has 0 aliphatic carbocycles. The molecule has 23 heavy (non-hydrogen) atoms. The molecule has 0 bridgehead atoms. The molecule has 0 radical (unpaired) electrons. The fourth-order valence-electron chi connectivity index (χ4n) is 1.77. The van der Waals surface area contributed by atoms with E-state index in [0.717, 1.165) is 19.2 Å². The maximum atomic E-state index is 12.8. The Hall–Kier alpha value is -2.16. The van der Waals surface area contributed by atoms with Crippen LogP contribution in [0.2, 0.25) is 0 Å². The summed E-state index contributed by atoms with van der Waals surface area (Å²) in [6, 6.07) is 3.81. The lowest BCUT2D eigenvalue weighted by atomic mass is 10.0. The summed E-state index contributed by atoms with van der Waals surface area (Å²) in [5, 5.41) is 2.27. The molecule has 0 aliphatic rings. The molecule has 2 amide bonds. The average molecular weight is 346 g/mol. The van der Waals surface area contributed by atoms with Crippen LogP contribution < -0.4 is 10.0 Å². The molecule has 0 fully saturated rings. The molecular weight excluding hydrogens is 327 g/mol. The first-order chi connectivity index (χ1) is 10.6. The van der Waals surface area contributed by atoms with E-state index in [9.17, 15) is 22.4 Å². The number of hydrogen-bond acceptors (Lipinski definition) is 5. The molecule has 1 rings (SSSR count). The number of sulfonamides is 1. The van der Waals surface area contributed by atoms with Crippen molar-refractivity contribution >= 4 is 22.0 Å². The predicted molar refractivity (Wildman–Crippen MR) is 81.3 cm³/mol. The van der Waals surface area contributed by atoms with Crippen LogP contribution in [0.1, 0.15) is 19.4 Å². The number of rotatable bonds is 6. The Morgan fingerprint density at radius 2 is 1.78 bits per heavy atom. The summed E-state index contributed by atoms with van der Waals surface area (Å²) in [6.07, 6.45) is -0.838. The van der Waals surface area contributed by atoms with Crippen LogP contribution in [0.15, 0.2) is 24.3 Å². The molecule has 7 nitrogen and oxygen atoms in total. The van der Waals surface area contributed by atoms with Gasteiger partial charge in [-0.3, -0.25) is 9.52 Å². The molecule has 0 aliphatic heterocycles. The van der Waals surface area contributed by atoms with Crippen molar-refractivity contribution < 1.29 is 27.1 Å². The van der Waals surface area contributed by atoms with Crippen LogP contribution in [-0.4, -0.2) is 33.6 Å². The van der Waals surface area contributed by atoms with Crippen molar-refractivity contribution in [2.24, 2.45) is 5.92 Å². The highest BCUT2D eigenvalue weighted by molar-refractivity contribution is 7.89.